The van der Waals surface area contributed by atoms with Crippen LogP contribution in [0.1, 0.15) is 156 Å². The van der Waals surface area contributed by atoms with Crippen LogP contribution in [-0.4, -0.2) is 105 Å². The Balaban J connectivity index is 2.31. The highest BCUT2D eigenvalue weighted by atomic mass is 32.1. The van der Waals surface area contributed by atoms with E-state index in [2.05, 4.69) is 17.2 Å². The minimum absolute atomic E-state index is 0.00585. The summed E-state index contributed by atoms with van der Waals surface area (Å²) < 4.78 is 15.8. The van der Waals surface area contributed by atoms with E-state index < -0.39 is 59.9 Å². The van der Waals surface area contributed by atoms with Crippen molar-refractivity contribution in [2.24, 2.45) is 11.8 Å². The van der Waals surface area contributed by atoms with Gasteiger partial charge in [0.1, 0.15) is 28.4 Å². The number of amides is 2. The van der Waals surface area contributed by atoms with Crippen molar-refractivity contribution in [2.75, 3.05) is 26.2 Å². The Labute approximate surface area is 327 Å². The molecule has 1 aliphatic heterocycles. The van der Waals surface area contributed by atoms with Crippen molar-refractivity contribution in [3.63, 3.8) is 0 Å². The zero-order valence-electron chi connectivity index (χ0n) is 34.7. The summed E-state index contributed by atoms with van der Waals surface area (Å²) in [5, 5.41) is 16.4. The van der Waals surface area contributed by atoms with Crippen molar-refractivity contribution < 1.29 is 43.3 Å². The molecule has 0 unspecified atom stereocenters. The average molecular weight is 781 g/mol. The molecule has 1 aliphatic rings. The van der Waals surface area contributed by atoms with Crippen LogP contribution in [0, 0.1) is 11.8 Å². The zero-order valence-corrected chi connectivity index (χ0v) is 35.5. The summed E-state index contributed by atoms with van der Waals surface area (Å²) in [6, 6.07) is -1.80. The van der Waals surface area contributed by atoms with Crippen molar-refractivity contribution in [3.8, 4) is 0 Å². The molecule has 0 aromatic carbocycles. The fourth-order valence-electron chi connectivity index (χ4n) is 6.47. The number of carbonyl (C=O) groups excluding carboxylic acids is 5. The molecule has 1 saturated heterocycles. The number of unbranched alkanes of at least 4 members (excludes halogenated alkanes) is 3. The average Bonchev–Trinajstić information content (AvgIpc) is 3.57. The number of rotatable bonds is 20. The van der Waals surface area contributed by atoms with Crippen LogP contribution in [0.3, 0.4) is 0 Å². The molecule has 0 aliphatic carbocycles. The Morgan fingerprint density at radius 2 is 1.63 bits per heavy atom. The van der Waals surface area contributed by atoms with Crippen molar-refractivity contribution in [1.82, 2.24) is 20.1 Å². The molecule has 2 heterocycles. The molecule has 0 saturated carbocycles. The van der Waals surface area contributed by atoms with Gasteiger partial charge in [0.05, 0.1) is 12.6 Å². The second-order valence-electron chi connectivity index (χ2n) is 16.8. The smallest absolute Gasteiger partial charge is 0.358 e. The number of hydrogen-bond acceptors (Lipinski definition) is 12. The number of aliphatic hydroxyl groups is 1. The third-order valence-corrected chi connectivity index (χ3v) is 10.3. The summed E-state index contributed by atoms with van der Waals surface area (Å²) in [5.41, 5.74) is -1.40. The van der Waals surface area contributed by atoms with Crippen LogP contribution in [0.25, 0.3) is 0 Å². The molecular weight excluding hydrogens is 713 g/mol. The molecule has 2 amide bonds. The maximum absolute atomic E-state index is 14.7. The van der Waals surface area contributed by atoms with E-state index in [4.69, 9.17) is 14.2 Å². The summed E-state index contributed by atoms with van der Waals surface area (Å²) in [5.74, 6) is -2.62. The van der Waals surface area contributed by atoms with Crippen LogP contribution >= 0.6 is 11.3 Å². The highest BCUT2D eigenvalue weighted by Gasteiger charge is 2.39. The molecule has 0 radical (unpaired) electrons. The van der Waals surface area contributed by atoms with Gasteiger partial charge in [-0.15, -0.1) is 11.3 Å². The molecule has 13 nitrogen and oxygen atoms in total. The largest absolute Gasteiger partial charge is 0.459 e. The summed E-state index contributed by atoms with van der Waals surface area (Å²) in [4.78, 5) is 74.2. The van der Waals surface area contributed by atoms with Crippen LogP contribution in [0.5, 0.6) is 0 Å². The molecule has 2 N–H and O–H groups in total. The first-order valence-corrected chi connectivity index (χ1v) is 20.6. The maximum atomic E-state index is 14.7. The van der Waals surface area contributed by atoms with Crippen LogP contribution in [0.4, 0.5) is 0 Å². The fraction of sp³-hybridized carbons (Fsp3) is 0.800. The Hall–Kier alpha value is -3.10. The van der Waals surface area contributed by atoms with Gasteiger partial charge in [0, 0.05) is 24.4 Å². The van der Waals surface area contributed by atoms with Gasteiger partial charge >= 0.3 is 17.9 Å². The van der Waals surface area contributed by atoms with Gasteiger partial charge in [-0.25, -0.2) is 14.6 Å². The monoisotopic (exact) mass is 780 g/mol. The number of likely N-dealkylation sites (tertiary alicyclic amines) is 1. The van der Waals surface area contributed by atoms with Crippen molar-refractivity contribution in [2.45, 2.75) is 169 Å². The zero-order chi connectivity index (χ0) is 40.8. The Kier molecular flexibility index (Phi) is 19.0. The molecule has 308 valence electrons. The van der Waals surface area contributed by atoms with E-state index in [9.17, 15) is 29.1 Å². The minimum Gasteiger partial charge on any atom is -0.459 e. The number of thiazole rings is 1. The Morgan fingerprint density at radius 1 is 0.981 bits per heavy atom. The van der Waals surface area contributed by atoms with Gasteiger partial charge in [-0.2, -0.15) is 0 Å². The quantitative estimate of drug-likeness (QED) is 0.0877. The lowest BCUT2D eigenvalue weighted by Crippen LogP contribution is -2.59. The molecule has 1 aromatic rings. The molecule has 1 aromatic heterocycles. The number of aromatic nitrogens is 1. The van der Waals surface area contributed by atoms with E-state index >= 15 is 0 Å². The van der Waals surface area contributed by atoms with Gasteiger partial charge in [-0.3, -0.25) is 19.3 Å². The number of esters is 3. The number of carbonyl (C=O) groups is 5. The van der Waals surface area contributed by atoms with E-state index in [-0.39, 0.29) is 47.3 Å². The molecule has 2 rings (SSSR count). The van der Waals surface area contributed by atoms with Gasteiger partial charge < -0.3 is 29.5 Å². The molecule has 0 bridgehead atoms. The lowest BCUT2D eigenvalue weighted by Gasteiger charge is -2.40. The van der Waals surface area contributed by atoms with Gasteiger partial charge in [0.15, 0.2) is 12.3 Å². The maximum Gasteiger partial charge on any atom is 0.358 e. The van der Waals surface area contributed by atoms with E-state index in [0.717, 1.165) is 49.9 Å². The molecule has 14 heteroatoms. The van der Waals surface area contributed by atoms with Crippen LogP contribution in [0.2, 0.25) is 0 Å². The first-order valence-electron chi connectivity index (χ1n) is 19.8. The topological polar surface area (TPSA) is 165 Å². The number of nitrogens with zero attached hydrogens (tertiary/aromatic N) is 3. The predicted molar refractivity (Wildman–Crippen MR) is 209 cm³/mol. The lowest BCUT2D eigenvalue weighted by atomic mass is 9.91. The standard InChI is InChI=1S/C40H68N4O9S/c1-12-14-15-17-21-44(30(26(3)4)22-31(45)36-41-28(25-54-36)38(50)51-24-33(47)53-40(9,10)11)37(49)34(27(5)13-2)42-35(48)29-19-16-18-20-43(29)23-32(46)52-39(6,7)8/h25-27,29-31,34,45H,12-24H2,1-11H3,(H,42,48)/t27-,29+,30+,31+,34-/m0/s1. The van der Waals surface area contributed by atoms with E-state index in [1.807, 2.05) is 58.3 Å². The molecular formula is C40H68N4O9S. The molecule has 5 atom stereocenters. The van der Waals surface area contributed by atoms with Crippen LogP contribution in [-0.2, 0) is 33.4 Å². The van der Waals surface area contributed by atoms with E-state index in [1.54, 1.807) is 20.8 Å². The van der Waals surface area contributed by atoms with Crippen molar-refractivity contribution in [3.05, 3.63) is 16.1 Å². The lowest BCUT2D eigenvalue weighted by molar-refractivity contribution is -0.159. The highest BCUT2D eigenvalue weighted by molar-refractivity contribution is 7.09. The summed E-state index contributed by atoms with van der Waals surface area (Å²) in [7, 11) is 0. The number of ether oxygens (including phenoxy) is 3. The SMILES string of the molecule is CCCCCCN(C(=O)[C@@H](NC(=O)[C@H]1CCCCN1CC(=O)OC(C)(C)C)[C@@H](C)CC)[C@H](C[C@@H](O)c1nc(C(=O)OCC(=O)OC(C)(C)C)cs1)C(C)C. The molecule has 0 spiro atoms. The number of nitrogens with one attached hydrogen (secondary N) is 1. The molecule has 54 heavy (non-hydrogen) atoms. The normalized spacial score (nSPS) is 17.6. The summed E-state index contributed by atoms with van der Waals surface area (Å²) >= 11 is 1.10. The van der Waals surface area contributed by atoms with Gasteiger partial charge in [-0.05, 0) is 79.2 Å². The van der Waals surface area contributed by atoms with Crippen LogP contribution in [0.15, 0.2) is 5.38 Å². The second kappa shape index (κ2) is 21.8. The third-order valence-electron chi connectivity index (χ3n) is 9.37. The second-order valence-corrected chi connectivity index (χ2v) is 17.7. The third kappa shape index (κ3) is 15.9. The fourth-order valence-corrected chi connectivity index (χ4v) is 7.25. The van der Waals surface area contributed by atoms with Crippen molar-refractivity contribution in [1.29, 1.82) is 0 Å². The summed E-state index contributed by atoms with van der Waals surface area (Å²) in [6.07, 6.45) is 5.71. The van der Waals surface area contributed by atoms with Crippen LogP contribution < -0.4 is 5.32 Å². The Morgan fingerprint density at radius 3 is 2.22 bits per heavy atom. The van der Waals surface area contributed by atoms with Gasteiger partial charge in [0.2, 0.25) is 11.8 Å². The highest BCUT2D eigenvalue weighted by Crippen LogP contribution is 2.29. The Bertz CT molecular complexity index is 1370. The van der Waals surface area contributed by atoms with E-state index in [0.29, 0.717) is 25.9 Å². The number of hydrogen-bond donors (Lipinski definition) is 2. The van der Waals surface area contributed by atoms with Gasteiger partial charge in [0.25, 0.3) is 0 Å². The number of piperidine rings is 1. The predicted octanol–water partition coefficient (Wildman–Crippen LogP) is 6.23. The van der Waals surface area contributed by atoms with Crippen molar-refractivity contribution >= 4 is 41.1 Å². The first-order chi connectivity index (χ1) is 25.2. The summed E-state index contributed by atoms with van der Waals surface area (Å²) in [6.45, 7) is 21.1. The molecule has 1 fully saturated rings. The first kappa shape index (κ1) is 47.1. The number of aliphatic hydroxyl groups excluding tert-OH is 1. The minimum atomic E-state index is -1.10. The van der Waals surface area contributed by atoms with E-state index in [1.165, 1.54) is 5.38 Å². The van der Waals surface area contributed by atoms with Gasteiger partial charge in [-0.1, -0.05) is 66.7 Å².